The molecule has 14 heavy (non-hydrogen) atoms. The summed E-state index contributed by atoms with van der Waals surface area (Å²) in [5.74, 6) is 0.111. The molecule has 0 aliphatic carbocycles. The van der Waals surface area contributed by atoms with Gasteiger partial charge in [0, 0.05) is 12.1 Å². The van der Waals surface area contributed by atoms with Crippen molar-refractivity contribution in [3.05, 3.63) is 24.0 Å². The van der Waals surface area contributed by atoms with E-state index in [0.29, 0.717) is 11.4 Å². The average molecular weight is 192 g/mol. The van der Waals surface area contributed by atoms with Crippen LogP contribution in [0.1, 0.15) is 37.2 Å². The van der Waals surface area contributed by atoms with Crippen LogP contribution in [0, 0.1) is 5.92 Å². The quantitative estimate of drug-likeness (QED) is 0.744. The van der Waals surface area contributed by atoms with Crippen molar-refractivity contribution in [2.45, 2.75) is 26.7 Å². The maximum atomic E-state index is 11.9. The van der Waals surface area contributed by atoms with Gasteiger partial charge in [0.05, 0.1) is 5.69 Å². The van der Waals surface area contributed by atoms with Crippen molar-refractivity contribution in [3.63, 3.8) is 0 Å². The van der Waals surface area contributed by atoms with Crippen LogP contribution in [0.4, 0.5) is 5.69 Å². The number of carbonyl (C=O) groups is 1. The topological polar surface area (TPSA) is 56.0 Å². The van der Waals surface area contributed by atoms with Gasteiger partial charge >= 0.3 is 0 Å². The lowest BCUT2D eigenvalue weighted by Crippen LogP contribution is -2.16. The summed E-state index contributed by atoms with van der Waals surface area (Å²) in [5, 5.41) is 0. The molecule has 0 saturated carbocycles. The van der Waals surface area contributed by atoms with Crippen LogP contribution >= 0.6 is 0 Å². The number of aromatic nitrogens is 1. The highest BCUT2D eigenvalue weighted by Crippen LogP contribution is 2.17. The predicted molar refractivity (Wildman–Crippen MR) is 57.1 cm³/mol. The minimum atomic E-state index is 0.0483. The highest BCUT2D eigenvalue weighted by atomic mass is 16.1. The van der Waals surface area contributed by atoms with Crippen molar-refractivity contribution in [2.24, 2.45) is 5.92 Å². The fourth-order valence-electron chi connectivity index (χ4n) is 1.48. The molecule has 1 heterocycles. The van der Waals surface area contributed by atoms with E-state index in [-0.39, 0.29) is 11.7 Å². The Balaban J connectivity index is 2.94. The highest BCUT2D eigenvalue weighted by Gasteiger charge is 2.19. The standard InChI is InChI=1S/C11H16N2O/c1-3-8(4-2)11(14)10-9(12)6-5-7-13-10/h5-8H,3-4,12H2,1-2H3. The van der Waals surface area contributed by atoms with Crippen LogP contribution in [0.2, 0.25) is 0 Å². The smallest absolute Gasteiger partial charge is 0.186 e. The summed E-state index contributed by atoms with van der Waals surface area (Å²) in [6, 6.07) is 3.45. The molecule has 0 aliphatic rings. The second kappa shape index (κ2) is 4.74. The number of hydrogen-bond donors (Lipinski definition) is 1. The predicted octanol–water partition coefficient (Wildman–Crippen LogP) is 2.28. The summed E-state index contributed by atoms with van der Waals surface area (Å²) in [6.45, 7) is 4.01. The van der Waals surface area contributed by atoms with Gasteiger partial charge < -0.3 is 5.73 Å². The molecule has 3 nitrogen and oxygen atoms in total. The lowest BCUT2D eigenvalue weighted by atomic mass is 9.95. The summed E-state index contributed by atoms with van der Waals surface area (Å²) in [7, 11) is 0. The zero-order valence-corrected chi connectivity index (χ0v) is 8.66. The number of pyridine rings is 1. The fourth-order valence-corrected chi connectivity index (χ4v) is 1.48. The molecule has 76 valence electrons. The van der Waals surface area contributed by atoms with Crippen molar-refractivity contribution in [1.82, 2.24) is 4.98 Å². The molecule has 0 unspecified atom stereocenters. The minimum Gasteiger partial charge on any atom is -0.397 e. The van der Waals surface area contributed by atoms with Crippen molar-refractivity contribution in [1.29, 1.82) is 0 Å². The number of rotatable bonds is 4. The number of nitrogen functional groups attached to an aromatic ring is 1. The first-order chi connectivity index (χ1) is 6.70. The van der Waals surface area contributed by atoms with E-state index >= 15 is 0 Å². The average Bonchev–Trinajstić information content (AvgIpc) is 2.20. The van der Waals surface area contributed by atoms with E-state index in [1.54, 1.807) is 18.3 Å². The Morgan fingerprint density at radius 3 is 2.64 bits per heavy atom. The first kappa shape index (κ1) is 10.7. The Bertz CT molecular complexity index is 319. The molecular weight excluding hydrogens is 176 g/mol. The highest BCUT2D eigenvalue weighted by molar-refractivity contribution is 6.00. The van der Waals surface area contributed by atoms with Gasteiger partial charge in [0.25, 0.3) is 0 Å². The van der Waals surface area contributed by atoms with Gasteiger partial charge in [-0.1, -0.05) is 13.8 Å². The summed E-state index contributed by atoms with van der Waals surface area (Å²) in [4.78, 5) is 15.9. The molecule has 1 aromatic rings. The normalized spacial score (nSPS) is 10.5. The summed E-state index contributed by atoms with van der Waals surface area (Å²) in [5.41, 5.74) is 6.58. The van der Waals surface area contributed by atoms with Crippen LogP contribution in [-0.2, 0) is 0 Å². The van der Waals surface area contributed by atoms with Crippen molar-refractivity contribution < 1.29 is 4.79 Å². The monoisotopic (exact) mass is 192 g/mol. The summed E-state index contributed by atoms with van der Waals surface area (Å²) >= 11 is 0. The van der Waals surface area contributed by atoms with Crippen LogP contribution < -0.4 is 5.73 Å². The van der Waals surface area contributed by atoms with Crippen LogP contribution in [0.15, 0.2) is 18.3 Å². The van der Waals surface area contributed by atoms with Crippen LogP contribution in [0.3, 0.4) is 0 Å². The molecule has 1 aromatic heterocycles. The summed E-state index contributed by atoms with van der Waals surface area (Å²) in [6.07, 6.45) is 3.28. The third kappa shape index (κ3) is 2.10. The van der Waals surface area contributed by atoms with Crippen LogP contribution in [-0.4, -0.2) is 10.8 Å². The van der Waals surface area contributed by atoms with E-state index in [9.17, 15) is 4.79 Å². The lowest BCUT2D eigenvalue weighted by molar-refractivity contribution is 0.0909. The van der Waals surface area contributed by atoms with Gasteiger partial charge in [-0.15, -0.1) is 0 Å². The number of Topliss-reactive ketones (excluding diaryl/α,β-unsaturated/α-hetero) is 1. The molecule has 0 fully saturated rings. The second-order valence-electron chi connectivity index (χ2n) is 3.32. The Labute approximate surface area is 84.3 Å². The molecule has 0 aromatic carbocycles. The maximum Gasteiger partial charge on any atom is 0.186 e. The second-order valence-corrected chi connectivity index (χ2v) is 3.32. The third-order valence-corrected chi connectivity index (χ3v) is 2.43. The molecule has 0 bridgehead atoms. The van der Waals surface area contributed by atoms with E-state index in [4.69, 9.17) is 5.73 Å². The number of anilines is 1. The number of nitrogens with zero attached hydrogens (tertiary/aromatic N) is 1. The lowest BCUT2D eigenvalue weighted by Gasteiger charge is -2.11. The number of ketones is 1. The minimum absolute atomic E-state index is 0.0483. The first-order valence-corrected chi connectivity index (χ1v) is 4.95. The van der Waals surface area contributed by atoms with E-state index in [1.165, 1.54) is 0 Å². The van der Waals surface area contributed by atoms with E-state index in [1.807, 2.05) is 13.8 Å². The van der Waals surface area contributed by atoms with E-state index in [2.05, 4.69) is 4.98 Å². The third-order valence-electron chi connectivity index (χ3n) is 2.43. The van der Waals surface area contributed by atoms with Gasteiger partial charge in [-0.3, -0.25) is 9.78 Å². The van der Waals surface area contributed by atoms with E-state index < -0.39 is 0 Å². The Morgan fingerprint density at radius 1 is 1.50 bits per heavy atom. The van der Waals surface area contributed by atoms with Gasteiger partial charge in [0.1, 0.15) is 5.69 Å². The van der Waals surface area contributed by atoms with Gasteiger partial charge in [0.15, 0.2) is 5.78 Å². The van der Waals surface area contributed by atoms with Gasteiger partial charge in [-0.25, -0.2) is 0 Å². The Hall–Kier alpha value is -1.38. The molecule has 0 amide bonds. The molecule has 2 N–H and O–H groups in total. The molecule has 0 aliphatic heterocycles. The van der Waals surface area contributed by atoms with Crippen molar-refractivity contribution >= 4 is 11.5 Å². The molecule has 1 rings (SSSR count). The molecular formula is C11H16N2O. The summed E-state index contributed by atoms with van der Waals surface area (Å²) < 4.78 is 0. The fraction of sp³-hybridized carbons (Fsp3) is 0.455. The number of nitrogens with two attached hydrogens (primary N) is 1. The zero-order chi connectivity index (χ0) is 10.6. The van der Waals surface area contributed by atoms with Crippen LogP contribution in [0.5, 0.6) is 0 Å². The molecule has 0 spiro atoms. The van der Waals surface area contributed by atoms with E-state index in [0.717, 1.165) is 12.8 Å². The Morgan fingerprint density at radius 2 is 2.14 bits per heavy atom. The number of hydrogen-bond acceptors (Lipinski definition) is 3. The SMILES string of the molecule is CCC(CC)C(=O)c1ncccc1N. The molecule has 0 atom stereocenters. The van der Waals surface area contributed by atoms with Crippen molar-refractivity contribution in [2.75, 3.05) is 5.73 Å². The molecule has 0 radical (unpaired) electrons. The molecule has 3 heteroatoms. The number of carbonyl (C=O) groups excluding carboxylic acids is 1. The first-order valence-electron chi connectivity index (χ1n) is 4.95. The maximum absolute atomic E-state index is 11.9. The largest absolute Gasteiger partial charge is 0.397 e. The molecule has 0 saturated heterocycles. The van der Waals surface area contributed by atoms with Gasteiger partial charge in [0.2, 0.25) is 0 Å². The Kier molecular flexibility index (Phi) is 3.63. The van der Waals surface area contributed by atoms with Crippen molar-refractivity contribution in [3.8, 4) is 0 Å². The van der Waals surface area contributed by atoms with Gasteiger partial charge in [-0.2, -0.15) is 0 Å². The van der Waals surface area contributed by atoms with Gasteiger partial charge in [-0.05, 0) is 25.0 Å². The van der Waals surface area contributed by atoms with Crippen LogP contribution in [0.25, 0.3) is 0 Å². The zero-order valence-electron chi connectivity index (χ0n) is 8.66.